The zero-order valence-electron chi connectivity index (χ0n) is 36.8. The molecule has 0 spiro atoms. The van der Waals surface area contributed by atoms with Crippen LogP contribution in [0.3, 0.4) is 0 Å². The molecule has 15 heteroatoms. The number of hydrogen-bond acceptors (Lipinski definition) is 13. The maximum absolute atomic E-state index is 12.8. The molecule has 3 unspecified atom stereocenters. The molecule has 0 aromatic heterocycles. The first kappa shape index (κ1) is 57.0. The molecule has 354 valence electrons. The summed E-state index contributed by atoms with van der Waals surface area (Å²) in [4.78, 5) is 35.6. The van der Waals surface area contributed by atoms with Gasteiger partial charge in [0.1, 0.15) is 43.2 Å². The lowest BCUT2D eigenvalue weighted by Crippen LogP contribution is -2.64. The summed E-state index contributed by atoms with van der Waals surface area (Å²) >= 11 is 0. The highest BCUT2D eigenvalue weighted by Gasteiger charge is 2.51. The fourth-order valence-corrected chi connectivity index (χ4v) is 7.13. The van der Waals surface area contributed by atoms with Crippen LogP contribution >= 0.6 is 7.82 Å². The number of phosphoric acid groups is 1. The third kappa shape index (κ3) is 29.4. The lowest BCUT2D eigenvalue weighted by Gasteiger charge is -2.41. The Morgan fingerprint density at radius 2 is 0.952 bits per heavy atom. The Labute approximate surface area is 370 Å². The molecular formula is C47H77O14P. The topological polar surface area (TPSA) is 230 Å². The molecule has 0 heterocycles. The van der Waals surface area contributed by atoms with E-state index < -0.39 is 75.7 Å². The van der Waals surface area contributed by atoms with E-state index in [1.165, 1.54) is 0 Å². The molecule has 0 radical (unpaired) electrons. The van der Waals surface area contributed by atoms with Gasteiger partial charge in [-0.15, -0.1) is 0 Å². The van der Waals surface area contributed by atoms with E-state index in [-0.39, 0.29) is 19.4 Å². The van der Waals surface area contributed by atoms with Crippen molar-refractivity contribution in [2.75, 3.05) is 19.8 Å². The summed E-state index contributed by atoms with van der Waals surface area (Å²) < 4.78 is 33.4. The van der Waals surface area contributed by atoms with Crippen LogP contribution in [0, 0.1) is 0 Å². The van der Waals surface area contributed by atoms with Crippen molar-refractivity contribution in [1.82, 2.24) is 0 Å². The number of hydrogen-bond donors (Lipinski definition) is 7. The lowest BCUT2D eigenvalue weighted by atomic mass is 9.85. The Bertz CT molecular complexity index is 1410. The molecule has 0 saturated heterocycles. The van der Waals surface area contributed by atoms with Crippen molar-refractivity contribution in [2.24, 2.45) is 0 Å². The van der Waals surface area contributed by atoms with Crippen molar-refractivity contribution in [3.05, 3.63) is 85.1 Å². The molecule has 1 saturated carbocycles. The number of carbonyl (C=O) groups is 2. The average molecular weight is 897 g/mol. The van der Waals surface area contributed by atoms with Gasteiger partial charge in [-0.3, -0.25) is 18.6 Å². The number of rotatable bonds is 36. The molecule has 1 rings (SSSR count). The number of carbonyl (C=O) groups excluding carboxylic acids is 2. The van der Waals surface area contributed by atoms with Gasteiger partial charge < -0.3 is 45.0 Å². The van der Waals surface area contributed by atoms with E-state index in [1.54, 1.807) is 0 Å². The van der Waals surface area contributed by atoms with Gasteiger partial charge in [-0.25, -0.2) is 4.57 Å². The van der Waals surface area contributed by atoms with Crippen molar-refractivity contribution in [3.63, 3.8) is 0 Å². The van der Waals surface area contributed by atoms with Crippen LogP contribution < -0.4 is 0 Å². The maximum Gasteiger partial charge on any atom is 0.472 e. The van der Waals surface area contributed by atoms with Crippen LogP contribution in [-0.4, -0.2) is 110 Å². The van der Waals surface area contributed by atoms with E-state index in [0.29, 0.717) is 19.3 Å². The van der Waals surface area contributed by atoms with E-state index in [2.05, 4.69) is 79.8 Å². The van der Waals surface area contributed by atoms with E-state index in [4.69, 9.17) is 23.6 Å². The zero-order valence-corrected chi connectivity index (χ0v) is 37.7. The smallest absolute Gasteiger partial charge is 0.462 e. The second kappa shape index (κ2) is 37.4. The number of unbranched alkanes of at least 4 members (excludes halogenated alkanes) is 9. The van der Waals surface area contributed by atoms with Crippen LogP contribution in [0.15, 0.2) is 85.1 Å². The SMILES string of the molecule is CC/C=C\C/C=C\C/C=C\CCCCCCCC(=O)O[C@H](COC(=O)CCC/C=C\C/C=C\C/C=C\C/C=C\CCCCCO)COP(=O)(O)OC1[C@H](O)[C@H](O)C(O)[C@H](O)[C@H]1O. The third-order valence-electron chi connectivity index (χ3n) is 9.78. The van der Waals surface area contributed by atoms with Crippen LogP contribution in [0.2, 0.25) is 0 Å². The minimum Gasteiger partial charge on any atom is -0.462 e. The first-order valence-corrected chi connectivity index (χ1v) is 24.0. The van der Waals surface area contributed by atoms with Gasteiger partial charge in [-0.2, -0.15) is 0 Å². The molecule has 1 aliphatic carbocycles. The second-order valence-electron chi connectivity index (χ2n) is 15.2. The first-order valence-electron chi connectivity index (χ1n) is 22.5. The van der Waals surface area contributed by atoms with E-state index >= 15 is 0 Å². The number of phosphoric ester groups is 1. The standard InChI is InChI=1S/C47H77O14P/c1-2-3-4-5-6-7-8-9-13-17-20-23-26-29-32-35-41(50)60-39(38-59-62(56,57)61-47-45(54)43(52)42(51)44(53)46(47)55)37-58-40(49)34-31-28-25-22-19-16-14-11-10-12-15-18-21-24-27-30-33-36-48/h3-4,6-7,9-10,12-14,16,18,21-22,25,39,42-48,51-55H,2,5,8,11,15,17,19-20,23-24,26-38H2,1H3,(H,56,57)/b4-3-,7-6-,12-10-,13-9-,16-14-,21-18-,25-22-/t39-,42?,43-,44+,45-,46-,47?/m1/s1. The van der Waals surface area contributed by atoms with Crippen molar-refractivity contribution in [1.29, 1.82) is 0 Å². The van der Waals surface area contributed by atoms with Crippen LogP contribution in [-0.2, 0) is 32.7 Å². The van der Waals surface area contributed by atoms with E-state index in [9.17, 15) is 44.6 Å². The highest BCUT2D eigenvalue weighted by Crippen LogP contribution is 2.47. The quantitative estimate of drug-likeness (QED) is 0.0140. The summed E-state index contributed by atoms with van der Waals surface area (Å²) in [6.07, 6.45) is 32.3. The van der Waals surface area contributed by atoms with Gasteiger partial charge in [-0.05, 0) is 89.9 Å². The van der Waals surface area contributed by atoms with Gasteiger partial charge in [0.2, 0.25) is 0 Å². The van der Waals surface area contributed by atoms with Gasteiger partial charge in [0.15, 0.2) is 6.10 Å². The van der Waals surface area contributed by atoms with E-state index in [1.807, 2.05) is 12.2 Å². The number of ether oxygens (including phenoxy) is 2. The summed E-state index contributed by atoms with van der Waals surface area (Å²) in [5, 5.41) is 58.9. The predicted octanol–water partition coefficient (Wildman–Crippen LogP) is 7.47. The fraction of sp³-hybridized carbons (Fsp3) is 0.660. The molecular weight excluding hydrogens is 819 g/mol. The first-order chi connectivity index (χ1) is 29.9. The summed E-state index contributed by atoms with van der Waals surface area (Å²) in [5.41, 5.74) is 0. The number of allylic oxidation sites excluding steroid dienone is 14. The molecule has 14 nitrogen and oxygen atoms in total. The molecule has 8 atom stereocenters. The summed E-state index contributed by atoms with van der Waals surface area (Å²) in [6, 6.07) is 0. The Balaban J connectivity index is 2.52. The van der Waals surface area contributed by atoms with Crippen LogP contribution in [0.25, 0.3) is 0 Å². The van der Waals surface area contributed by atoms with E-state index in [0.717, 1.165) is 96.3 Å². The Kier molecular flexibility index (Phi) is 34.4. The lowest BCUT2D eigenvalue weighted by molar-refractivity contribution is -0.220. The van der Waals surface area contributed by atoms with Gasteiger partial charge in [-0.1, -0.05) is 118 Å². The highest BCUT2D eigenvalue weighted by atomic mass is 31.2. The zero-order chi connectivity index (χ0) is 45.7. The Morgan fingerprint density at radius 1 is 0.532 bits per heavy atom. The third-order valence-corrected chi connectivity index (χ3v) is 10.8. The maximum atomic E-state index is 12.8. The monoisotopic (exact) mass is 897 g/mol. The molecule has 0 aromatic carbocycles. The normalized spacial score (nSPS) is 22.6. The van der Waals surface area contributed by atoms with Gasteiger partial charge in [0, 0.05) is 19.4 Å². The average Bonchev–Trinajstić information content (AvgIpc) is 3.25. The molecule has 0 aromatic rings. The Hall–Kier alpha value is -3.01. The van der Waals surface area contributed by atoms with Crippen molar-refractivity contribution < 1.29 is 68.2 Å². The highest BCUT2D eigenvalue weighted by molar-refractivity contribution is 7.47. The van der Waals surface area contributed by atoms with Crippen LogP contribution in [0.4, 0.5) is 0 Å². The molecule has 1 aliphatic rings. The van der Waals surface area contributed by atoms with Gasteiger partial charge in [0.25, 0.3) is 0 Å². The predicted molar refractivity (Wildman–Crippen MR) is 241 cm³/mol. The van der Waals surface area contributed by atoms with Crippen molar-refractivity contribution in [3.8, 4) is 0 Å². The van der Waals surface area contributed by atoms with Crippen LogP contribution in [0.1, 0.15) is 135 Å². The minimum atomic E-state index is -5.15. The number of aliphatic hydroxyl groups excluding tert-OH is 6. The number of aliphatic hydroxyl groups is 6. The van der Waals surface area contributed by atoms with Crippen molar-refractivity contribution in [2.45, 2.75) is 178 Å². The molecule has 0 bridgehead atoms. The minimum absolute atomic E-state index is 0.0551. The fourth-order valence-electron chi connectivity index (χ4n) is 6.15. The second-order valence-corrected chi connectivity index (χ2v) is 16.6. The van der Waals surface area contributed by atoms with Gasteiger partial charge in [0.05, 0.1) is 6.61 Å². The summed E-state index contributed by atoms with van der Waals surface area (Å²) in [7, 11) is -5.15. The number of esters is 2. The molecule has 7 N–H and O–H groups in total. The molecule has 0 amide bonds. The molecule has 0 aliphatic heterocycles. The van der Waals surface area contributed by atoms with Crippen LogP contribution in [0.5, 0.6) is 0 Å². The summed E-state index contributed by atoms with van der Waals surface area (Å²) in [6.45, 7) is 1.11. The van der Waals surface area contributed by atoms with Crippen molar-refractivity contribution >= 4 is 19.8 Å². The summed E-state index contributed by atoms with van der Waals surface area (Å²) in [5.74, 6) is -1.21. The van der Waals surface area contributed by atoms with Gasteiger partial charge >= 0.3 is 19.8 Å². The largest absolute Gasteiger partial charge is 0.472 e. The Morgan fingerprint density at radius 3 is 1.47 bits per heavy atom. The molecule has 62 heavy (non-hydrogen) atoms. The molecule has 1 fully saturated rings.